The first kappa shape index (κ1) is 31.5. The second-order valence-electron chi connectivity index (χ2n) is 14.3. The van der Waals surface area contributed by atoms with Crippen LogP contribution in [0.3, 0.4) is 0 Å². The summed E-state index contributed by atoms with van der Waals surface area (Å²) in [7, 11) is 0. The van der Waals surface area contributed by atoms with Gasteiger partial charge in [-0.3, -0.25) is 4.98 Å². The zero-order valence-electron chi connectivity index (χ0n) is 29.6. The number of benzene rings is 6. The van der Waals surface area contributed by atoms with Crippen LogP contribution in [0, 0.1) is 11.3 Å². The molecule has 0 fully saturated rings. The third-order valence-corrected chi connectivity index (χ3v) is 10.6. The minimum Gasteiger partial charge on any atom is -0.456 e. The van der Waals surface area contributed by atoms with Gasteiger partial charge in [-0.2, -0.15) is 5.26 Å². The molecule has 0 unspecified atom stereocenters. The Kier molecular flexibility index (Phi) is 7.11. The normalized spacial score (nSPS) is 12.8. The summed E-state index contributed by atoms with van der Waals surface area (Å²) in [5.74, 6) is 1.71. The molecular formula is C48H31N5O. The first-order valence-electron chi connectivity index (χ1n) is 17.9. The lowest BCUT2D eigenvalue weighted by Crippen LogP contribution is -2.15. The third-order valence-electron chi connectivity index (χ3n) is 10.6. The number of nitrogens with zero attached hydrogens (tertiary/aromatic N) is 5. The number of pyridine rings is 1. The van der Waals surface area contributed by atoms with Crippen molar-refractivity contribution in [3.8, 4) is 73.6 Å². The van der Waals surface area contributed by atoms with Gasteiger partial charge in [0.05, 0.1) is 11.6 Å². The highest BCUT2D eigenvalue weighted by atomic mass is 16.3. The van der Waals surface area contributed by atoms with Crippen molar-refractivity contribution in [3.63, 3.8) is 0 Å². The van der Waals surface area contributed by atoms with E-state index >= 15 is 0 Å². The predicted molar refractivity (Wildman–Crippen MR) is 214 cm³/mol. The Morgan fingerprint density at radius 1 is 0.500 bits per heavy atom. The molecular weight excluding hydrogens is 663 g/mol. The van der Waals surface area contributed by atoms with E-state index in [1.165, 1.54) is 22.3 Å². The molecule has 254 valence electrons. The number of aromatic nitrogens is 4. The van der Waals surface area contributed by atoms with E-state index in [0.29, 0.717) is 23.0 Å². The highest BCUT2D eigenvalue weighted by molar-refractivity contribution is 6.05. The number of rotatable bonds is 5. The fourth-order valence-corrected chi connectivity index (χ4v) is 7.83. The molecule has 0 radical (unpaired) electrons. The first-order valence-corrected chi connectivity index (χ1v) is 17.9. The van der Waals surface area contributed by atoms with Gasteiger partial charge >= 0.3 is 0 Å². The van der Waals surface area contributed by atoms with Gasteiger partial charge in [0.2, 0.25) is 0 Å². The summed E-state index contributed by atoms with van der Waals surface area (Å²) in [6.07, 6.45) is 3.67. The second kappa shape index (κ2) is 12.2. The summed E-state index contributed by atoms with van der Waals surface area (Å²) in [4.78, 5) is 19.7. The van der Waals surface area contributed by atoms with Crippen molar-refractivity contribution in [1.82, 2.24) is 19.9 Å². The van der Waals surface area contributed by atoms with Crippen LogP contribution >= 0.6 is 0 Å². The van der Waals surface area contributed by atoms with E-state index < -0.39 is 0 Å². The van der Waals surface area contributed by atoms with E-state index in [4.69, 9.17) is 19.4 Å². The van der Waals surface area contributed by atoms with Gasteiger partial charge in [-0.15, -0.1) is 0 Å². The van der Waals surface area contributed by atoms with Crippen LogP contribution in [0.1, 0.15) is 30.5 Å². The molecule has 0 saturated carbocycles. The number of fused-ring (bicyclic) bond motifs is 6. The molecule has 3 aromatic heterocycles. The van der Waals surface area contributed by atoms with Crippen LogP contribution in [0.5, 0.6) is 0 Å². The van der Waals surface area contributed by atoms with Crippen LogP contribution < -0.4 is 0 Å². The Hall–Kier alpha value is -7.23. The molecule has 0 amide bonds. The maximum absolute atomic E-state index is 9.65. The lowest BCUT2D eigenvalue weighted by Gasteiger charge is -2.22. The highest BCUT2D eigenvalue weighted by Gasteiger charge is 2.36. The van der Waals surface area contributed by atoms with E-state index in [1.54, 1.807) is 6.20 Å². The SMILES string of the molecule is CC1(C)c2cc(C#N)ccc2-c2ccc(-c3cc(-c4cccnc4)cc(-c4nc(-c5ccccc5)nc(-c5ccc6c(c5)oc5ccccc56)n4)c3)cc21. The molecule has 1 aliphatic carbocycles. The van der Waals surface area contributed by atoms with Crippen molar-refractivity contribution < 1.29 is 4.42 Å². The molecule has 6 aromatic carbocycles. The molecule has 0 atom stereocenters. The molecule has 1 aliphatic rings. The zero-order valence-corrected chi connectivity index (χ0v) is 29.6. The van der Waals surface area contributed by atoms with E-state index in [2.05, 4.69) is 91.6 Å². The van der Waals surface area contributed by atoms with Gasteiger partial charge in [-0.1, -0.05) is 92.7 Å². The number of nitriles is 1. The van der Waals surface area contributed by atoms with Crippen molar-refractivity contribution in [2.24, 2.45) is 0 Å². The van der Waals surface area contributed by atoms with Crippen LogP contribution in [-0.4, -0.2) is 19.9 Å². The lowest BCUT2D eigenvalue weighted by molar-refractivity contribution is 0.660. The Morgan fingerprint density at radius 2 is 1.13 bits per heavy atom. The largest absolute Gasteiger partial charge is 0.456 e. The molecule has 6 heteroatoms. The van der Waals surface area contributed by atoms with E-state index in [1.807, 2.05) is 79.0 Å². The predicted octanol–water partition coefficient (Wildman–Crippen LogP) is 11.7. The standard InChI is InChI=1S/C48H31N5O/c1-48(2)41-21-29(27-49)14-17-37(41)38-18-15-31(25-42(38)48)34-22-35(33-11-8-20-50-28-33)24-36(23-34)47-52-45(30-9-4-3-5-10-30)51-46(53-47)32-16-19-40-39-12-6-7-13-43(39)54-44(40)26-32/h3-26,28H,1-2H3. The number of furan rings is 1. The van der Waals surface area contributed by atoms with Crippen molar-refractivity contribution in [2.75, 3.05) is 0 Å². The highest BCUT2D eigenvalue weighted by Crippen LogP contribution is 2.50. The minimum absolute atomic E-state index is 0.272. The van der Waals surface area contributed by atoms with Crippen molar-refractivity contribution in [2.45, 2.75) is 19.3 Å². The van der Waals surface area contributed by atoms with Crippen LogP contribution in [0.25, 0.3) is 89.5 Å². The minimum atomic E-state index is -0.272. The summed E-state index contributed by atoms with van der Waals surface area (Å²) in [5.41, 5.74) is 13.5. The van der Waals surface area contributed by atoms with E-state index in [-0.39, 0.29) is 5.41 Å². The van der Waals surface area contributed by atoms with Crippen molar-refractivity contribution >= 4 is 21.9 Å². The fraction of sp³-hybridized carbons (Fsp3) is 0.0625. The Balaban J connectivity index is 1.16. The molecule has 0 aliphatic heterocycles. The molecule has 9 aromatic rings. The maximum atomic E-state index is 9.65. The average Bonchev–Trinajstić information content (AvgIpc) is 3.71. The average molecular weight is 694 g/mol. The Labute approximate surface area is 312 Å². The maximum Gasteiger partial charge on any atom is 0.164 e. The summed E-state index contributed by atoms with van der Waals surface area (Å²) < 4.78 is 6.26. The molecule has 10 rings (SSSR count). The van der Waals surface area contributed by atoms with Gasteiger partial charge < -0.3 is 4.42 Å². The molecule has 0 N–H and O–H groups in total. The van der Waals surface area contributed by atoms with E-state index in [0.717, 1.165) is 60.9 Å². The molecule has 3 heterocycles. The van der Waals surface area contributed by atoms with E-state index in [9.17, 15) is 5.26 Å². The molecule has 0 saturated heterocycles. The zero-order chi connectivity index (χ0) is 36.4. The molecule has 0 spiro atoms. The van der Waals surface area contributed by atoms with Gasteiger partial charge in [0.15, 0.2) is 17.5 Å². The Bertz CT molecular complexity index is 2980. The smallest absolute Gasteiger partial charge is 0.164 e. The van der Waals surface area contributed by atoms with Crippen LogP contribution in [0.2, 0.25) is 0 Å². The van der Waals surface area contributed by atoms with Gasteiger partial charge in [0.1, 0.15) is 11.2 Å². The van der Waals surface area contributed by atoms with Gasteiger partial charge in [-0.25, -0.2) is 15.0 Å². The topological polar surface area (TPSA) is 88.5 Å². The first-order chi connectivity index (χ1) is 26.4. The number of hydrogen-bond acceptors (Lipinski definition) is 6. The Morgan fingerprint density at radius 3 is 1.91 bits per heavy atom. The van der Waals surface area contributed by atoms with Gasteiger partial charge in [0, 0.05) is 50.8 Å². The van der Waals surface area contributed by atoms with Crippen molar-refractivity contribution in [3.05, 3.63) is 169 Å². The fourth-order valence-electron chi connectivity index (χ4n) is 7.83. The molecule has 54 heavy (non-hydrogen) atoms. The summed E-state index contributed by atoms with van der Waals surface area (Å²) >= 11 is 0. The monoisotopic (exact) mass is 693 g/mol. The summed E-state index contributed by atoms with van der Waals surface area (Å²) in [6, 6.07) is 49.8. The number of hydrogen-bond donors (Lipinski definition) is 0. The van der Waals surface area contributed by atoms with Crippen LogP contribution in [0.4, 0.5) is 0 Å². The quantitative estimate of drug-likeness (QED) is 0.178. The van der Waals surface area contributed by atoms with Crippen LogP contribution in [-0.2, 0) is 5.41 Å². The second-order valence-corrected chi connectivity index (χ2v) is 14.3. The number of para-hydroxylation sites is 1. The lowest BCUT2D eigenvalue weighted by atomic mass is 9.81. The van der Waals surface area contributed by atoms with Crippen molar-refractivity contribution in [1.29, 1.82) is 5.26 Å². The third kappa shape index (κ3) is 5.17. The molecule has 0 bridgehead atoms. The summed E-state index contributed by atoms with van der Waals surface area (Å²) in [6.45, 7) is 4.47. The summed E-state index contributed by atoms with van der Waals surface area (Å²) in [5, 5.41) is 11.8. The van der Waals surface area contributed by atoms with Crippen LogP contribution in [0.15, 0.2) is 156 Å². The van der Waals surface area contributed by atoms with Gasteiger partial charge in [0.25, 0.3) is 0 Å². The molecule has 6 nitrogen and oxygen atoms in total. The van der Waals surface area contributed by atoms with Gasteiger partial charge in [-0.05, 0) is 99.6 Å².